The molecule has 0 radical (unpaired) electrons. The number of hydrogen-bond donors (Lipinski definition) is 2. The molecule has 2 N–H and O–H groups in total. The van der Waals surface area contributed by atoms with E-state index in [0.717, 1.165) is 24.1 Å². The van der Waals surface area contributed by atoms with Gasteiger partial charge in [-0.25, -0.2) is 0 Å². The van der Waals surface area contributed by atoms with Gasteiger partial charge in [-0.05, 0) is 37.1 Å². The molecule has 1 aliphatic rings. The van der Waals surface area contributed by atoms with Crippen LogP contribution in [0, 0.1) is 0 Å². The van der Waals surface area contributed by atoms with Crippen molar-refractivity contribution in [2.24, 2.45) is 0 Å². The Kier molecular flexibility index (Phi) is 3.44. The largest absolute Gasteiger partial charge is 0.388 e. The number of amides is 1. The van der Waals surface area contributed by atoms with Crippen LogP contribution < -0.4 is 10.6 Å². The second-order valence-corrected chi connectivity index (χ2v) is 4.28. The molecular formula is C13H18N2O. The lowest BCUT2D eigenvalue weighted by Gasteiger charge is -2.12. The average Bonchev–Trinajstić information content (AvgIpc) is 2.82. The van der Waals surface area contributed by atoms with Crippen molar-refractivity contribution in [1.29, 1.82) is 0 Å². The predicted molar refractivity (Wildman–Crippen MR) is 65.7 cm³/mol. The lowest BCUT2D eigenvalue weighted by atomic mass is 10.1. The van der Waals surface area contributed by atoms with Crippen LogP contribution in [0.2, 0.25) is 0 Å². The fourth-order valence-corrected chi connectivity index (χ4v) is 2.13. The van der Waals surface area contributed by atoms with Gasteiger partial charge >= 0.3 is 0 Å². The number of rotatable bonds is 3. The minimum Gasteiger partial charge on any atom is -0.388 e. The van der Waals surface area contributed by atoms with Crippen LogP contribution in [0.25, 0.3) is 0 Å². The van der Waals surface area contributed by atoms with Gasteiger partial charge in [-0.2, -0.15) is 0 Å². The summed E-state index contributed by atoms with van der Waals surface area (Å²) in [6.07, 6.45) is 4.73. The molecule has 1 aromatic carbocycles. The maximum absolute atomic E-state index is 11.9. The third-order valence-corrected chi connectivity index (χ3v) is 3.13. The van der Waals surface area contributed by atoms with E-state index in [0.29, 0.717) is 6.04 Å². The van der Waals surface area contributed by atoms with Crippen LogP contribution in [0.15, 0.2) is 24.3 Å². The number of nitrogens with one attached hydrogen (secondary N) is 2. The van der Waals surface area contributed by atoms with E-state index in [2.05, 4.69) is 10.6 Å². The normalized spacial score (nSPS) is 16.1. The van der Waals surface area contributed by atoms with Crippen molar-refractivity contribution in [3.05, 3.63) is 29.8 Å². The summed E-state index contributed by atoms with van der Waals surface area (Å²) in [7, 11) is 1.87. The number of carbonyl (C=O) groups is 1. The van der Waals surface area contributed by atoms with Crippen LogP contribution in [0.5, 0.6) is 0 Å². The van der Waals surface area contributed by atoms with Gasteiger partial charge in [-0.1, -0.05) is 12.8 Å². The molecule has 3 heteroatoms. The highest BCUT2D eigenvalue weighted by atomic mass is 16.1. The van der Waals surface area contributed by atoms with Crippen molar-refractivity contribution in [1.82, 2.24) is 5.32 Å². The van der Waals surface area contributed by atoms with Crippen LogP contribution in [0.1, 0.15) is 36.0 Å². The lowest BCUT2D eigenvalue weighted by Crippen LogP contribution is -2.32. The Bertz CT molecular complexity index is 353. The SMILES string of the molecule is CNc1ccc(C(=O)NC2CCCC2)cc1. The van der Waals surface area contributed by atoms with Crippen molar-refractivity contribution in [3.63, 3.8) is 0 Å². The Morgan fingerprint density at radius 2 is 1.81 bits per heavy atom. The quantitative estimate of drug-likeness (QED) is 0.818. The molecule has 1 saturated carbocycles. The molecular weight excluding hydrogens is 200 g/mol. The van der Waals surface area contributed by atoms with E-state index in [1.807, 2.05) is 31.3 Å². The fourth-order valence-electron chi connectivity index (χ4n) is 2.13. The van der Waals surface area contributed by atoms with E-state index in [1.165, 1.54) is 12.8 Å². The topological polar surface area (TPSA) is 41.1 Å². The van der Waals surface area contributed by atoms with E-state index in [9.17, 15) is 4.79 Å². The van der Waals surface area contributed by atoms with Gasteiger partial charge in [0.05, 0.1) is 0 Å². The highest BCUT2D eigenvalue weighted by Gasteiger charge is 2.17. The Hall–Kier alpha value is -1.51. The van der Waals surface area contributed by atoms with Crippen LogP contribution in [0.4, 0.5) is 5.69 Å². The van der Waals surface area contributed by atoms with E-state index >= 15 is 0 Å². The summed E-state index contributed by atoms with van der Waals surface area (Å²) >= 11 is 0. The predicted octanol–water partition coefficient (Wildman–Crippen LogP) is 2.40. The van der Waals surface area contributed by atoms with Crippen LogP contribution in [0.3, 0.4) is 0 Å². The zero-order valence-corrected chi connectivity index (χ0v) is 9.62. The first kappa shape index (κ1) is 11.0. The van der Waals surface area contributed by atoms with E-state index in [-0.39, 0.29) is 5.91 Å². The smallest absolute Gasteiger partial charge is 0.251 e. The Balaban J connectivity index is 1.97. The lowest BCUT2D eigenvalue weighted by molar-refractivity contribution is 0.0938. The molecule has 0 aromatic heterocycles. The Morgan fingerprint density at radius 3 is 2.38 bits per heavy atom. The second kappa shape index (κ2) is 5.01. The molecule has 3 nitrogen and oxygen atoms in total. The summed E-state index contributed by atoms with van der Waals surface area (Å²) < 4.78 is 0. The van der Waals surface area contributed by atoms with E-state index in [1.54, 1.807) is 0 Å². The van der Waals surface area contributed by atoms with Gasteiger partial charge in [0.2, 0.25) is 0 Å². The average molecular weight is 218 g/mol. The zero-order valence-electron chi connectivity index (χ0n) is 9.62. The van der Waals surface area contributed by atoms with Gasteiger partial charge < -0.3 is 10.6 Å². The molecule has 1 amide bonds. The number of anilines is 1. The molecule has 0 heterocycles. The summed E-state index contributed by atoms with van der Waals surface area (Å²) in [4.78, 5) is 11.9. The summed E-state index contributed by atoms with van der Waals surface area (Å²) in [6.45, 7) is 0. The minimum absolute atomic E-state index is 0.0505. The molecule has 1 aliphatic carbocycles. The van der Waals surface area contributed by atoms with Gasteiger partial charge in [0.1, 0.15) is 0 Å². The molecule has 1 aromatic rings. The zero-order chi connectivity index (χ0) is 11.4. The first-order valence-corrected chi connectivity index (χ1v) is 5.88. The van der Waals surface area contributed by atoms with Crippen molar-refractivity contribution in [2.75, 3.05) is 12.4 Å². The molecule has 0 atom stereocenters. The Morgan fingerprint density at radius 1 is 1.19 bits per heavy atom. The third kappa shape index (κ3) is 2.54. The highest BCUT2D eigenvalue weighted by molar-refractivity contribution is 5.94. The summed E-state index contributed by atoms with van der Waals surface area (Å²) in [5, 5.41) is 6.11. The molecule has 86 valence electrons. The molecule has 1 fully saturated rings. The molecule has 0 unspecified atom stereocenters. The molecule has 0 saturated heterocycles. The van der Waals surface area contributed by atoms with Crippen molar-refractivity contribution in [2.45, 2.75) is 31.7 Å². The van der Waals surface area contributed by atoms with E-state index in [4.69, 9.17) is 0 Å². The highest BCUT2D eigenvalue weighted by Crippen LogP contribution is 2.18. The molecule has 0 aliphatic heterocycles. The van der Waals surface area contributed by atoms with Gasteiger partial charge in [0.25, 0.3) is 5.91 Å². The summed E-state index contributed by atoms with van der Waals surface area (Å²) in [5.41, 5.74) is 1.77. The fraction of sp³-hybridized carbons (Fsp3) is 0.462. The minimum atomic E-state index is 0.0505. The van der Waals surface area contributed by atoms with Crippen molar-refractivity contribution in [3.8, 4) is 0 Å². The van der Waals surface area contributed by atoms with Crippen LogP contribution >= 0.6 is 0 Å². The third-order valence-electron chi connectivity index (χ3n) is 3.13. The monoisotopic (exact) mass is 218 g/mol. The maximum atomic E-state index is 11.9. The summed E-state index contributed by atoms with van der Waals surface area (Å²) in [6, 6.07) is 7.94. The summed E-state index contributed by atoms with van der Waals surface area (Å²) in [5.74, 6) is 0.0505. The molecule has 0 spiro atoms. The standard InChI is InChI=1S/C13H18N2O/c1-14-11-8-6-10(7-9-11)13(16)15-12-4-2-3-5-12/h6-9,12,14H,2-5H2,1H3,(H,15,16). The van der Waals surface area contributed by atoms with Gasteiger partial charge in [0.15, 0.2) is 0 Å². The molecule has 16 heavy (non-hydrogen) atoms. The first-order valence-electron chi connectivity index (χ1n) is 5.88. The Labute approximate surface area is 96.2 Å². The molecule has 0 bridgehead atoms. The van der Waals surface area contributed by atoms with Crippen molar-refractivity contribution >= 4 is 11.6 Å². The number of carbonyl (C=O) groups excluding carboxylic acids is 1. The van der Waals surface area contributed by atoms with Gasteiger partial charge in [-0.15, -0.1) is 0 Å². The van der Waals surface area contributed by atoms with E-state index < -0.39 is 0 Å². The maximum Gasteiger partial charge on any atom is 0.251 e. The van der Waals surface area contributed by atoms with Gasteiger partial charge in [-0.3, -0.25) is 4.79 Å². The van der Waals surface area contributed by atoms with Crippen LogP contribution in [-0.4, -0.2) is 19.0 Å². The van der Waals surface area contributed by atoms with Crippen molar-refractivity contribution < 1.29 is 4.79 Å². The second-order valence-electron chi connectivity index (χ2n) is 4.28. The number of benzene rings is 1. The molecule has 2 rings (SSSR count). The van der Waals surface area contributed by atoms with Crippen LogP contribution in [-0.2, 0) is 0 Å². The first-order chi connectivity index (χ1) is 7.79. The van der Waals surface area contributed by atoms with Gasteiger partial charge in [0, 0.05) is 24.3 Å². The number of hydrogen-bond acceptors (Lipinski definition) is 2.